The van der Waals surface area contributed by atoms with Crippen LogP contribution in [-0.4, -0.2) is 33.3 Å². The van der Waals surface area contributed by atoms with Gasteiger partial charge in [-0.3, -0.25) is 19.7 Å². The topological polar surface area (TPSA) is 136 Å². The van der Waals surface area contributed by atoms with Crippen LogP contribution in [0.2, 0.25) is 0 Å². The maximum atomic E-state index is 12.7. The summed E-state index contributed by atoms with van der Waals surface area (Å²) < 4.78 is 6.62. The number of nitrogens with one attached hydrogen (secondary N) is 1. The van der Waals surface area contributed by atoms with Crippen molar-refractivity contribution >= 4 is 17.8 Å². The van der Waals surface area contributed by atoms with Crippen LogP contribution < -0.4 is 15.7 Å². The van der Waals surface area contributed by atoms with Crippen molar-refractivity contribution in [3.05, 3.63) is 97.4 Å². The predicted octanol–water partition coefficient (Wildman–Crippen LogP) is 2.98. The Labute approximate surface area is 188 Å². The molecule has 2 N–H and O–H groups in total. The molecule has 0 saturated heterocycles. The number of hydrogen-bond donors (Lipinski definition) is 2. The highest BCUT2D eigenvalue weighted by molar-refractivity contribution is 5.94. The van der Waals surface area contributed by atoms with Crippen LogP contribution in [0.15, 0.2) is 64.6 Å². The minimum absolute atomic E-state index is 0.0819. The second-order valence-electron chi connectivity index (χ2n) is 7.12. The van der Waals surface area contributed by atoms with Crippen LogP contribution in [0.25, 0.3) is 0 Å². The largest absolute Gasteiger partial charge is 0.500 e. The van der Waals surface area contributed by atoms with Gasteiger partial charge in [-0.25, -0.2) is 5.43 Å². The number of aromatic hydroxyl groups is 1. The van der Waals surface area contributed by atoms with E-state index in [4.69, 9.17) is 4.74 Å². The first-order chi connectivity index (χ1) is 15.8. The molecule has 3 rings (SSSR count). The van der Waals surface area contributed by atoms with E-state index < -0.39 is 27.8 Å². The van der Waals surface area contributed by atoms with Crippen molar-refractivity contribution in [1.29, 1.82) is 0 Å². The third-order valence-corrected chi connectivity index (χ3v) is 4.69. The van der Waals surface area contributed by atoms with Gasteiger partial charge in [0.05, 0.1) is 24.3 Å². The summed E-state index contributed by atoms with van der Waals surface area (Å²) in [5, 5.41) is 24.9. The lowest BCUT2D eigenvalue weighted by Crippen LogP contribution is -2.30. The molecule has 0 saturated carbocycles. The number of carbonyl (C=O) groups is 1. The molecule has 1 amide bonds. The summed E-state index contributed by atoms with van der Waals surface area (Å²) in [5.41, 5.74) is 3.33. The smallest absolute Gasteiger partial charge is 0.315 e. The molecule has 0 aliphatic heterocycles. The van der Waals surface area contributed by atoms with Crippen LogP contribution in [0.1, 0.15) is 34.0 Å². The SMILES string of the molecule is CCOc1cc(/C=N\NC(=O)c2cccn(Cc3ccc(C)cc3)c2=O)cc([N+](=O)[O-])c1O. The van der Waals surface area contributed by atoms with E-state index in [2.05, 4.69) is 10.5 Å². The minimum atomic E-state index is -0.756. The molecule has 1 heterocycles. The number of aromatic nitrogens is 1. The number of nitro groups is 1. The Morgan fingerprint density at radius 2 is 2.00 bits per heavy atom. The van der Waals surface area contributed by atoms with E-state index in [0.29, 0.717) is 6.54 Å². The highest BCUT2D eigenvalue weighted by Crippen LogP contribution is 2.36. The zero-order chi connectivity index (χ0) is 24.0. The quantitative estimate of drug-likeness (QED) is 0.308. The highest BCUT2D eigenvalue weighted by Gasteiger charge is 2.20. The zero-order valence-electron chi connectivity index (χ0n) is 18.0. The number of aryl methyl sites for hydroxylation is 1. The molecule has 0 spiro atoms. The average molecular weight is 450 g/mol. The summed E-state index contributed by atoms with van der Waals surface area (Å²) in [6.45, 7) is 4.12. The molecule has 0 bridgehead atoms. The molecule has 0 fully saturated rings. The van der Waals surface area contributed by atoms with Gasteiger partial charge >= 0.3 is 5.69 Å². The summed E-state index contributed by atoms with van der Waals surface area (Å²) >= 11 is 0. The third kappa shape index (κ3) is 5.62. The van der Waals surface area contributed by atoms with Crippen molar-refractivity contribution in [2.24, 2.45) is 5.10 Å². The van der Waals surface area contributed by atoms with Gasteiger partial charge < -0.3 is 14.4 Å². The first-order valence-electron chi connectivity index (χ1n) is 10.0. The van der Waals surface area contributed by atoms with Crippen molar-refractivity contribution in [2.75, 3.05) is 6.61 Å². The van der Waals surface area contributed by atoms with E-state index in [-0.39, 0.29) is 23.5 Å². The summed E-state index contributed by atoms with van der Waals surface area (Å²) in [5.74, 6) is -1.41. The van der Waals surface area contributed by atoms with Gasteiger partial charge in [0.15, 0.2) is 5.75 Å². The Balaban J connectivity index is 1.78. The second-order valence-corrected chi connectivity index (χ2v) is 7.12. The number of hydrogen-bond acceptors (Lipinski definition) is 7. The number of phenols is 1. The third-order valence-electron chi connectivity index (χ3n) is 4.69. The lowest BCUT2D eigenvalue weighted by Gasteiger charge is -2.08. The second kappa shape index (κ2) is 10.2. The number of nitrogens with zero attached hydrogens (tertiary/aromatic N) is 3. The lowest BCUT2D eigenvalue weighted by molar-refractivity contribution is -0.386. The number of nitro benzene ring substituents is 1. The van der Waals surface area contributed by atoms with Gasteiger partial charge in [0.1, 0.15) is 5.56 Å². The van der Waals surface area contributed by atoms with Crippen LogP contribution >= 0.6 is 0 Å². The van der Waals surface area contributed by atoms with E-state index in [1.807, 2.05) is 31.2 Å². The number of rotatable bonds is 8. The van der Waals surface area contributed by atoms with Crippen LogP contribution in [0.5, 0.6) is 11.5 Å². The summed E-state index contributed by atoms with van der Waals surface area (Å²) in [6.07, 6.45) is 2.74. The standard InChI is InChI=1S/C23H22N4O6/c1-3-33-20-12-17(11-19(21(20)28)27(31)32)13-24-25-22(29)18-5-4-10-26(23(18)30)14-16-8-6-15(2)7-9-16/h4-13,28H,3,14H2,1-2H3,(H,25,29)/b24-13-. The molecule has 0 atom stereocenters. The number of carbonyl (C=O) groups excluding carboxylic acids is 1. The molecule has 0 radical (unpaired) electrons. The number of hydrazone groups is 1. The fourth-order valence-electron chi connectivity index (χ4n) is 3.04. The van der Waals surface area contributed by atoms with E-state index in [1.165, 1.54) is 16.7 Å². The molecule has 0 aliphatic rings. The first kappa shape index (κ1) is 23.2. The maximum Gasteiger partial charge on any atom is 0.315 e. The Hall–Kier alpha value is -4.47. The number of pyridine rings is 1. The van der Waals surface area contributed by atoms with Crippen molar-refractivity contribution < 1.29 is 19.6 Å². The van der Waals surface area contributed by atoms with Crippen molar-refractivity contribution in [3.8, 4) is 11.5 Å². The zero-order valence-corrected chi connectivity index (χ0v) is 18.0. The molecule has 10 nitrogen and oxygen atoms in total. The van der Waals surface area contributed by atoms with E-state index >= 15 is 0 Å². The van der Waals surface area contributed by atoms with Crippen molar-refractivity contribution in [1.82, 2.24) is 9.99 Å². The molecule has 170 valence electrons. The average Bonchev–Trinajstić information content (AvgIpc) is 2.78. The molecular weight excluding hydrogens is 428 g/mol. The van der Waals surface area contributed by atoms with Crippen LogP contribution in [0.4, 0.5) is 5.69 Å². The predicted molar refractivity (Wildman–Crippen MR) is 122 cm³/mol. The van der Waals surface area contributed by atoms with E-state index in [1.54, 1.807) is 19.2 Å². The molecule has 1 aromatic heterocycles. The minimum Gasteiger partial charge on any atom is -0.500 e. The lowest BCUT2D eigenvalue weighted by atomic mass is 10.1. The van der Waals surface area contributed by atoms with E-state index in [0.717, 1.165) is 23.4 Å². The number of benzene rings is 2. The molecule has 33 heavy (non-hydrogen) atoms. The van der Waals surface area contributed by atoms with Gasteiger partial charge in [0.2, 0.25) is 5.75 Å². The molecule has 10 heteroatoms. The van der Waals surface area contributed by atoms with Gasteiger partial charge in [-0.05, 0) is 37.6 Å². The maximum absolute atomic E-state index is 12.7. The summed E-state index contributed by atoms with van der Waals surface area (Å²) in [6, 6.07) is 13.1. The van der Waals surface area contributed by atoms with Gasteiger partial charge in [-0.15, -0.1) is 0 Å². The molecule has 3 aromatic rings. The van der Waals surface area contributed by atoms with Gasteiger partial charge in [-0.2, -0.15) is 5.10 Å². The van der Waals surface area contributed by atoms with Crippen LogP contribution in [0, 0.1) is 17.0 Å². The van der Waals surface area contributed by atoms with Crippen molar-refractivity contribution in [2.45, 2.75) is 20.4 Å². The number of phenolic OH excluding ortho intramolecular Hbond substituents is 1. The van der Waals surface area contributed by atoms with Gasteiger partial charge in [-0.1, -0.05) is 29.8 Å². The fraction of sp³-hybridized carbons (Fsp3) is 0.174. The first-order valence-corrected chi connectivity index (χ1v) is 10.0. The molecule has 2 aromatic carbocycles. The van der Waals surface area contributed by atoms with Gasteiger partial charge in [0.25, 0.3) is 11.5 Å². The van der Waals surface area contributed by atoms with Crippen LogP contribution in [-0.2, 0) is 6.54 Å². The van der Waals surface area contributed by atoms with Crippen LogP contribution in [0.3, 0.4) is 0 Å². The Kier molecular flexibility index (Phi) is 7.19. The Morgan fingerprint density at radius 1 is 1.27 bits per heavy atom. The normalized spacial score (nSPS) is 10.8. The fourth-order valence-corrected chi connectivity index (χ4v) is 3.04. The number of amides is 1. The molecular formula is C23H22N4O6. The Bertz CT molecular complexity index is 1260. The number of ether oxygens (including phenoxy) is 1. The summed E-state index contributed by atoms with van der Waals surface area (Å²) in [4.78, 5) is 35.6. The Morgan fingerprint density at radius 3 is 2.67 bits per heavy atom. The van der Waals surface area contributed by atoms with Gasteiger partial charge in [0, 0.05) is 17.8 Å². The van der Waals surface area contributed by atoms with Crippen molar-refractivity contribution in [3.63, 3.8) is 0 Å². The van der Waals surface area contributed by atoms with E-state index in [9.17, 15) is 24.8 Å². The molecule has 0 aliphatic carbocycles. The monoisotopic (exact) mass is 450 g/mol. The molecule has 0 unspecified atom stereocenters. The highest BCUT2D eigenvalue weighted by atomic mass is 16.6. The summed E-state index contributed by atoms with van der Waals surface area (Å²) in [7, 11) is 0.